The topological polar surface area (TPSA) is 24.7 Å². The van der Waals surface area contributed by atoms with Crippen LogP contribution in [-0.2, 0) is 0 Å². The van der Waals surface area contributed by atoms with Crippen molar-refractivity contribution in [2.75, 3.05) is 6.54 Å². The molecule has 0 saturated heterocycles. The van der Waals surface area contributed by atoms with Crippen LogP contribution in [0, 0.1) is 0 Å². The van der Waals surface area contributed by atoms with Gasteiger partial charge in [0.2, 0.25) is 0 Å². The normalized spacial score (nSPS) is 8.83. The van der Waals surface area contributed by atoms with Crippen molar-refractivity contribution in [3.63, 3.8) is 0 Å². The lowest BCUT2D eigenvalue weighted by atomic mass is 10.3. The highest BCUT2D eigenvalue weighted by molar-refractivity contribution is 6.30. The Bertz CT molecular complexity index is 297. The van der Waals surface area contributed by atoms with E-state index in [-0.39, 0.29) is 0 Å². The average Bonchev–Trinajstić information content (AvgIpc) is 2.09. The molecule has 62 valence electrons. The monoisotopic (exact) mass is 180 g/mol. The van der Waals surface area contributed by atoms with Crippen molar-refractivity contribution >= 4 is 23.3 Å². The number of benzene rings is 1. The van der Waals surface area contributed by atoms with Gasteiger partial charge < -0.3 is 0 Å². The molecule has 0 bridgehead atoms. The van der Waals surface area contributed by atoms with Crippen molar-refractivity contribution in [3.05, 3.63) is 29.3 Å². The van der Waals surface area contributed by atoms with Gasteiger partial charge in [0, 0.05) is 11.6 Å². The van der Waals surface area contributed by atoms with Gasteiger partial charge in [-0.05, 0) is 31.2 Å². The zero-order chi connectivity index (χ0) is 8.81. The lowest BCUT2D eigenvalue weighted by Crippen LogP contribution is -1.66. The molecule has 0 aliphatic heterocycles. The first-order valence-electron chi connectivity index (χ1n) is 3.70. The zero-order valence-electron chi connectivity index (χ0n) is 6.79. The molecular weight excluding hydrogens is 172 g/mol. The number of nitrogens with zero attached hydrogens (tertiary/aromatic N) is 2. The van der Waals surface area contributed by atoms with Gasteiger partial charge in [-0.3, -0.25) is 0 Å². The number of hydrogen-bond donors (Lipinski definition) is 0. The van der Waals surface area contributed by atoms with Crippen molar-refractivity contribution in [1.29, 1.82) is 0 Å². The molecule has 0 heterocycles. The van der Waals surface area contributed by atoms with Gasteiger partial charge in [-0.15, -0.1) is 0 Å². The minimum atomic E-state index is 0.705. The van der Waals surface area contributed by atoms with E-state index in [1.807, 2.05) is 19.1 Å². The molecule has 12 heavy (non-hydrogen) atoms. The van der Waals surface area contributed by atoms with E-state index in [4.69, 9.17) is 11.6 Å². The summed E-state index contributed by atoms with van der Waals surface area (Å²) < 4.78 is 0. The van der Waals surface area contributed by atoms with Gasteiger partial charge in [-0.1, -0.05) is 11.6 Å². The van der Waals surface area contributed by atoms with Crippen LogP contribution in [-0.4, -0.2) is 12.6 Å². The van der Waals surface area contributed by atoms with Crippen LogP contribution in [0.2, 0.25) is 5.02 Å². The lowest BCUT2D eigenvalue weighted by Gasteiger charge is -1.89. The molecule has 0 aliphatic rings. The highest BCUT2D eigenvalue weighted by Crippen LogP contribution is 2.14. The second-order valence-corrected chi connectivity index (χ2v) is 2.60. The fourth-order valence-corrected chi connectivity index (χ4v) is 0.805. The Kier molecular flexibility index (Phi) is 3.52. The third kappa shape index (κ3) is 2.87. The van der Waals surface area contributed by atoms with Gasteiger partial charge in [0.1, 0.15) is 0 Å². The molecule has 0 aromatic heterocycles. The second-order valence-electron chi connectivity index (χ2n) is 2.16. The van der Waals surface area contributed by atoms with E-state index in [9.17, 15) is 0 Å². The molecular formula is C9H9ClN2. The fraction of sp³-hybridized carbons (Fsp3) is 0.222. The van der Waals surface area contributed by atoms with Crippen molar-refractivity contribution < 1.29 is 0 Å². The summed E-state index contributed by atoms with van der Waals surface area (Å²) in [5.41, 5.74) is 0.816. The van der Waals surface area contributed by atoms with E-state index in [0.717, 1.165) is 5.69 Å². The largest absolute Gasteiger partial charge is 0.226 e. The van der Waals surface area contributed by atoms with Crippen molar-refractivity contribution in [1.82, 2.24) is 0 Å². The van der Waals surface area contributed by atoms with Crippen LogP contribution in [0.15, 0.2) is 34.3 Å². The van der Waals surface area contributed by atoms with Gasteiger partial charge in [-0.2, -0.15) is 4.99 Å². The summed E-state index contributed by atoms with van der Waals surface area (Å²) in [7, 11) is 0. The van der Waals surface area contributed by atoms with Gasteiger partial charge >= 0.3 is 0 Å². The predicted molar refractivity (Wildman–Crippen MR) is 51.5 cm³/mol. The quantitative estimate of drug-likeness (QED) is 0.625. The molecule has 3 heteroatoms. The Hall–Kier alpha value is -1.11. The summed E-state index contributed by atoms with van der Waals surface area (Å²) in [6.45, 7) is 2.64. The number of aliphatic imine (C=N–C) groups is 2. The Labute approximate surface area is 76.6 Å². The molecule has 0 unspecified atom stereocenters. The third-order valence-corrected chi connectivity index (χ3v) is 1.49. The van der Waals surface area contributed by atoms with E-state index in [0.29, 0.717) is 11.6 Å². The summed E-state index contributed by atoms with van der Waals surface area (Å²) in [5, 5.41) is 0.710. The van der Waals surface area contributed by atoms with E-state index in [2.05, 4.69) is 16.0 Å². The highest BCUT2D eigenvalue weighted by atomic mass is 35.5. The van der Waals surface area contributed by atoms with E-state index < -0.39 is 0 Å². The SMILES string of the molecule is CCN=C=Nc1ccc(Cl)cc1. The number of rotatable bonds is 2. The van der Waals surface area contributed by atoms with Crippen molar-refractivity contribution in [2.45, 2.75) is 6.92 Å². The van der Waals surface area contributed by atoms with Crippen LogP contribution < -0.4 is 0 Å². The average molecular weight is 181 g/mol. The van der Waals surface area contributed by atoms with Crippen LogP contribution >= 0.6 is 11.6 Å². The van der Waals surface area contributed by atoms with Gasteiger partial charge in [0.15, 0.2) is 0 Å². The van der Waals surface area contributed by atoms with Crippen LogP contribution in [0.5, 0.6) is 0 Å². The number of halogens is 1. The van der Waals surface area contributed by atoms with Crippen LogP contribution in [0.1, 0.15) is 6.92 Å². The molecule has 0 radical (unpaired) electrons. The van der Waals surface area contributed by atoms with Gasteiger partial charge in [0.05, 0.1) is 11.7 Å². The Morgan fingerprint density at radius 2 is 2.00 bits per heavy atom. The molecule has 1 aromatic rings. The molecule has 1 rings (SSSR count). The molecule has 0 fully saturated rings. The molecule has 0 atom stereocenters. The summed E-state index contributed by atoms with van der Waals surface area (Å²) in [4.78, 5) is 7.80. The first-order chi connectivity index (χ1) is 5.83. The maximum absolute atomic E-state index is 5.69. The summed E-state index contributed by atoms with van der Waals surface area (Å²) >= 11 is 5.69. The first kappa shape index (κ1) is 8.98. The minimum absolute atomic E-state index is 0.705. The van der Waals surface area contributed by atoms with E-state index in [1.165, 1.54) is 0 Å². The van der Waals surface area contributed by atoms with Gasteiger partial charge in [-0.25, -0.2) is 4.99 Å². The lowest BCUT2D eigenvalue weighted by molar-refractivity contribution is 1.14. The fourth-order valence-electron chi connectivity index (χ4n) is 0.679. The Balaban J connectivity index is 2.77. The van der Waals surface area contributed by atoms with E-state index >= 15 is 0 Å². The summed E-state index contributed by atoms with van der Waals surface area (Å²) in [6, 6.07) is 9.79. The Morgan fingerprint density at radius 1 is 1.33 bits per heavy atom. The van der Waals surface area contributed by atoms with E-state index in [1.54, 1.807) is 12.1 Å². The molecule has 0 amide bonds. The summed E-state index contributed by atoms with van der Waals surface area (Å²) in [5.74, 6) is 0. The van der Waals surface area contributed by atoms with Gasteiger partial charge in [0.25, 0.3) is 0 Å². The molecule has 0 aliphatic carbocycles. The Morgan fingerprint density at radius 3 is 2.58 bits per heavy atom. The third-order valence-electron chi connectivity index (χ3n) is 1.23. The van der Waals surface area contributed by atoms with Crippen LogP contribution in [0.3, 0.4) is 0 Å². The minimum Gasteiger partial charge on any atom is -0.226 e. The van der Waals surface area contributed by atoms with Crippen molar-refractivity contribution in [3.8, 4) is 0 Å². The predicted octanol–water partition coefficient (Wildman–Crippen LogP) is 3.17. The smallest absolute Gasteiger partial charge is 0.0948 e. The zero-order valence-corrected chi connectivity index (χ0v) is 7.54. The highest BCUT2D eigenvalue weighted by Gasteiger charge is 1.86. The first-order valence-corrected chi connectivity index (χ1v) is 4.08. The van der Waals surface area contributed by atoms with Crippen LogP contribution in [0.25, 0.3) is 0 Å². The molecule has 0 spiro atoms. The summed E-state index contributed by atoms with van der Waals surface area (Å²) in [6.07, 6.45) is 0. The maximum Gasteiger partial charge on any atom is 0.0948 e. The molecule has 0 N–H and O–H groups in total. The molecule has 2 nitrogen and oxygen atoms in total. The molecule has 1 aromatic carbocycles. The standard InChI is InChI=1S/C9H9ClN2/c1-2-11-7-12-9-5-3-8(10)4-6-9/h3-6H,2H2,1H3. The van der Waals surface area contributed by atoms with Crippen molar-refractivity contribution in [2.24, 2.45) is 9.98 Å². The second kappa shape index (κ2) is 4.70. The van der Waals surface area contributed by atoms with Crippen LogP contribution in [0.4, 0.5) is 5.69 Å². The molecule has 0 saturated carbocycles. The number of hydrogen-bond acceptors (Lipinski definition) is 2. The maximum atomic E-state index is 5.69.